The van der Waals surface area contributed by atoms with Gasteiger partial charge >= 0.3 is 12.4 Å². The molecule has 0 aliphatic rings. The Balaban J connectivity index is 3.18. The van der Waals surface area contributed by atoms with E-state index < -0.39 is 23.8 Å². The van der Waals surface area contributed by atoms with Crippen LogP contribution in [0.15, 0.2) is 24.3 Å². The summed E-state index contributed by atoms with van der Waals surface area (Å²) in [6.45, 7) is 0. The fraction of sp³-hybridized carbons (Fsp3) is 0.222. The minimum absolute atomic E-state index is 0.0902. The van der Waals surface area contributed by atoms with E-state index in [4.69, 9.17) is 5.73 Å². The summed E-state index contributed by atoms with van der Waals surface area (Å²) in [6, 6.07) is 3.33. The summed E-state index contributed by atoms with van der Waals surface area (Å²) < 4.78 is 73.3. The summed E-state index contributed by atoms with van der Waals surface area (Å²) in [4.78, 5) is 0. The van der Waals surface area contributed by atoms with Crippen molar-refractivity contribution in [2.24, 2.45) is 0 Å². The fourth-order valence-electron chi connectivity index (χ4n) is 1.14. The molecule has 1 aromatic rings. The third kappa shape index (κ3) is 2.80. The first-order valence-corrected chi connectivity index (χ1v) is 3.99. The predicted molar refractivity (Wildman–Crippen MR) is 45.3 cm³/mol. The Labute approximate surface area is 86.9 Å². The van der Waals surface area contributed by atoms with Crippen LogP contribution in [0.5, 0.6) is 0 Å². The zero-order valence-electron chi connectivity index (χ0n) is 7.65. The Morgan fingerprint density at radius 2 is 1.19 bits per heavy atom. The molecule has 1 aromatic carbocycles. The molecule has 2 N–H and O–H groups in total. The van der Waals surface area contributed by atoms with E-state index in [2.05, 4.69) is 0 Å². The lowest BCUT2D eigenvalue weighted by Crippen LogP contribution is -2.35. The lowest BCUT2D eigenvalue weighted by molar-refractivity contribution is -0.197. The van der Waals surface area contributed by atoms with Crippen LogP contribution < -0.4 is 5.73 Å². The quantitative estimate of drug-likeness (QED) is 0.593. The van der Waals surface area contributed by atoms with Gasteiger partial charge in [-0.2, -0.15) is 26.3 Å². The molecule has 7 heteroatoms. The summed E-state index contributed by atoms with van der Waals surface area (Å²) in [6.07, 6.45) is -10.9. The van der Waals surface area contributed by atoms with E-state index in [1.54, 1.807) is 0 Å². The highest BCUT2D eigenvalue weighted by molar-refractivity contribution is 5.45. The molecular weight excluding hydrogens is 236 g/mol. The summed E-state index contributed by atoms with van der Waals surface area (Å²) in [5, 5.41) is 0. The number of alkyl halides is 6. The molecule has 1 radical (unpaired) electrons. The Morgan fingerprint density at radius 3 is 1.50 bits per heavy atom. The molecule has 0 spiro atoms. The van der Waals surface area contributed by atoms with Crippen LogP contribution in [0.1, 0.15) is 5.56 Å². The van der Waals surface area contributed by atoms with E-state index in [1.807, 2.05) is 0 Å². The molecule has 0 bridgehead atoms. The molecule has 0 aliphatic carbocycles. The molecular formula is C9H6F6N. The zero-order chi connectivity index (χ0) is 12.6. The van der Waals surface area contributed by atoms with Crippen molar-refractivity contribution in [3.8, 4) is 0 Å². The summed E-state index contributed by atoms with van der Waals surface area (Å²) >= 11 is 0. The minimum Gasteiger partial charge on any atom is -0.399 e. The van der Waals surface area contributed by atoms with Crippen molar-refractivity contribution in [1.82, 2.24) is 0 Å². The van der Waals surface area contributed by atoms with Gasteiger partial charge in [-0.05, 0) is 17.7 Å². The van der Waals surface area contributed by atoms with Crippen molar-refractivity contribution >= 4 is 5.69 Å². The van der Waals surface area contributed by atoms with Crippen molar-refractivity contribution < 1.29 is 26.3 Å². The summed E-state index contributed by atoms with van der Waals surface area (Å²) in [5.41, 5.74) is 4.31. The third-order valence-electron chi connectivity index (χ3n) is 1.77. The van der Waals surface area contributed by atoms with Gasteiger partial charge in [0, 0.05) is 5.69 Å². The van der Waals surface area contributed by atoms with Crippen LogP contribution in [0, 0.1) is 5.92 Å². The first kappa shape index (κ1) is 12.7. The summed E-state index contributed by atoms with van der Waals surface area (Å²) in [5.74, 6) is -2.53. The Kier molecular flexibility index (Phi) is 3.07. The smallest absolute Gasteiger partial charge is 0.399 e. The highest BCUT2D eigenvalue weighted by atomic mass is 19.4. The number of halogens is 6. The van der Waals surface area contributed by atoms with Gasteiger partial charge in [0.15, 0.2) is 0 Å². The second kappa shape index (κ2) is 3.88. The number of hydrogen-bond donors (Lipinski definition) is 1. The first-order chi connectivity index (χ1) is 7.12. The van der Waals surface area contributed by atoms with Crippen LogP contribution in [0.3, 0.4) is 0 Å². The third-order valence-corrected chi connectivity index (χ3v) is 1.77. The first-order valence-electron chi connectivity index (χ1n) is 3.99. The molecule has 0 heterocycles. The molecule has 0 unspecified atom stereocenters. The van der Waals surface area contributed by atoms with Gasteiger partial charge in [0.1, 0.15) is 0 Å². The SMILES string of the molecule is Nc1ccc([C](C(F)(F)F)C(F)(F)F)cc1. The van der Waals surface area contributed by atoms with Gasteiger partial charge in [0.25, 0.3) is 0 Å². The van der Waals surface area contributed by atoms with Crippen LogP contribution in [0.4, 0.5) is 32.0 Å². The number of hydrogen-bond acceptors (Lipinski definition) is 1. The molecule has 0 saturated heterocycles. The van der Waals surface area contributed by atoms with Crippen molar-refractivity contribution in [3.63, 3.8) is 0 Å². The second-order valence-electron chi connectivity index (χ2n) is 2.99. The maximum atomic E-state index is 12.2. The van der Waals surface area contributed by atoms with E-state index in [0.29, 0.717) is 12.1 Å². The van der Waals surface area contributed by atoms with Gasteiger partial charge in [-0.15, -0.1) is 0 Å². The molecule has 1 nitrogen and oxygen atoms in total. The fourth-order valence-corrected chi connectivity index (χ4v) is 1.14. The number of benzene rings is 1. The average Bonchev–Trinajstić information content (AvgIpc) is 2.03. The van der Waals surface area contributed by atoms with Crippen LogP contribution in [0.2, 0.25) is 0 Å². The van der Waals surface area contributed by atoms with Crippen LogP contribution in [-0.2, 0) is 0 Å². The molecule has 0 atom stereocenters. The van der Waals surface area contributed by atoms with Crippen LogP contribution in [-0.4, -0.2) is 12.4 Å². The molecule has 0 amide bonds. The van der Waals surface area contributed by atoms with Gasteiger partial charge in [0.2, 0.25) is 5.92 Å². The van der Waals surface area contributed by atoms with E-state index in [9.17, 15) is 26.3 Å². The largest absolute Gasteiger partial charge is 0.408 e. The van der Waals surface area contributed by atoms with Gasteiger partial charge in [-0.3, -0.25) is 0 Å². The number of nitrogens with two attached hydrogens (primary N) is 1. The van der Waals surface area contributed by atoms with E-state index >= 15 is 0 Å². The van der Waals surface area contributed by atoms with Crippen molar-refractivity contribution in [3.05, 3.63) is 35.7 Å². The molecule has 0 aromatic heterocycles. The topological polar surface area (TPSA) is 26.0 Å². The highest BCUT2D eigenvalue weighted by Crippen LogP contribution is 2.45. The lowest BCUT2D eigenvalue weighted by atomic mass is 9.98. The molecule has 0 fully saturated rings. The van der Waals surface area contributed by atoms with Crippen molar-refractivity contribution in [1.29, 1.82) is 0 Å². The Bertz CT molecular complexity index is 336. The lowest BCUT2D eigenvalue weighted by Gasteiger charge is -2.22. The molecule has 1 rings (SSSR count). The van der Waals surface area contributed by atoms with E-state index in [-0.39, 0.29) is 5.69 Å². The van der Waals surface area contributed by atoms with E-state index in [1.165, 1.54) is 0 Å². The monoisotopic (exact) mass is 242 g/mol. The van der Waals surface area contributed by atoms with Crippen molar-refractivity contribution in [2.45, 2.75) is 12.4 Å². The maximum absolute atomic E-state index is 12.2. The standard InChI is InChI=1S/C9H6F6N/c10-8(11,12)7(9(13,14)15)5-1-3-6(16)4-2-5/h1-4H,16H2. The van der Waals surface area contributed by atoms with Crippen LogP contribution >= 0.6 is 0 Å². The van der Waals surface area contributed by atoms with Crippen molar-refractivity contribution in [2.75, 3.05) is 5.73 Å². The number of rotatable bonds is 1. The molecule has 0 aliphatic heterocycles. The average molecular weight is 242 g/mol. The molecule has 89 valence electrons. The maximum Gasteiger partial charge on any atom is 0.408 e. The van der Waals surface area contributed by atoms with Gasteiger partial charge in [0.05, 0.1) is 0 Å². The number of anilines is 1. The highest BCUT2D eigenvalue weighted by Gasteiger charge is 2.58. The molecule has 16 heavy (non-hydrogen) atoms. The van der Waals surface area contributed by atoms with Gasteiger partial charge in [-0.25, -0.2) is 0 Å². The van der Waals surface area contributed by atoms with Gasteiger partial charge in [-0.1, -0.05) is 12.1 Å². The predicted octanol–water partition coefficient (Wildman–Crippen LogP) is 3.32. The molecule has 0 saturated carbocycles. The second-order valence-corrected chi connectivity index (χ2v) is 2.99. The van der Waals surface area contributed by atoms with E-state index in [0.717, 1.165) is 12.1 Å². The minimum atomic E-state index is -5.45. The normalized spacial score (nSPS) is 13.2. The van der Waals surface area contributed by atoms with Gasteiger partial charge < -0.3 is 5.73 Å². The van der Waals surface area contributed by atoms with Crippen LogP contribution in [0.25, 0.3) is 0 Å². The number of nitrogen functional groups attached to an aromatic ring is 1. The Morgan fingerprint density at radius 1 is 0.812 bits per heavy atom. The zero-order valence-corrected chi connectivity index (χ0v) is 7.65. The Hall–Kier alpha value is -1.40. The summed E-state index contributed by atoms with van der Waals surface area (Å²) in [7, 11) is 0.